The highest BCUT2D eigenvalue weighted by Gasteiger charge is 2.28. The lowest BCUT2D eigenvalue weighted by molar-refractivity contribution is -0.140. The first-order chi connectivity index (χ1) is 14.9. The molecule has 0 heterocycles. The van der Waals surface area contributed by atoms with Gasteiger partial charge in [-0.15, -0.1) is 0 Å². The van der Waals surface area contributed by atoms with Crippen LogP contribution in [-0.4, -0.2) is 5.97 Å². The zero-order chi connectivity index (χ0) is 22.4. The van der Waals surface area contributed by atoms with Gasteiger partial charge in [0.05, 0.1) is 5.92 Å². The standard InChI is InChI=1S/C29H40O2/c1-6-7-8-9-23-10-12-26(13-11-23)29(30)31-28-21(4)18-27(19-22(28)5)25-16-14-24(15-17-25)20(2)3/h14-20,23,26H,6-13H2,1-5H3. The summed E-state index contributed by atoms with van der Waals surface area (Å²) in [6.07, 6.45) is 9.58. The van der Waals surface area contributed by atoms with E-state index in [0.29, 0.717) is 5.92 Å². The summed E-state index contributed by atoms with van der Waals surface area (Å²) in [4.78, 5) is 12.9. The molecule has 0 aromatic heterocycles. The number of carbonyl (C=O) groups is 1. The predicted octanol–water partition coefficient (Wildman–Crippen LogP) is 8.39. The Morgan fingerprint density at radius 1 is 0.935 bits per heavy atom. The Labute approximate surface area is 189 Å². The summed E-state index contributed by atoms with van der Waals surface area (Å²) in [7, 11) is 0. The van der Waals surface area contributed by atoms with Crippen molar-refractivity contribution in [2.45, 2.75) is 91.9 Å². The Kier molecular flexibility index (Phi) is 8.35. The molecule has 0 spiro atoms. The van der Waals surface area contributed by atoms with Gasteiger partial charge in [-0.1, -0.05) is 70.7 Å². The van der Waals surface area contributed by atoms with Gasteiger partial charge in [-0.25, -0.2) is 0 Å². The van der Waals surface area contributed by atoms with E-state index < -0.39 is 0 Å². The highest BCUT2D eigenvalue weighted by atomic mass is 16.5. The molecule has 3 rings (SSSR count). The second-order valence-electron chi connectivity index (χ2n) is 9.85. The topological polar surface area (TPSA) is 26.3 Å². The van der Waals surface area contributed by atoms with E-state index in [1.807, 2.05) is 13.8 Å². The summed E-state index contributed by atoms with van der Waals surface area (Å²) in [6, 6.07) is 13.1. The van der Waals surface area contributed by atoms with E-state index in [1.54, 1.807) is 0 Å². The third-order valence-corrected chi connectivity index (χ3v) is 6.97. The first-order valence-electron chi connectivity index (χ1n) is 12.3. The summed E-state index contributed by atoms with van der Waals surface area (Å²) in [5.74, 6) is 2.11. The van der Waals surface area contributed by atoms with Crippen molar-refractivity contribution in [2.75, 3.05) is 0 Å². The molecule has 2 nitrogen and oxygen atoms in total. The van der Waals surface area contributed by atoms with E-state index >= 15 is 0 Å². The maximum absolute atomic E-state index is 12.9. The predicted molar refractivity (Wildman–Crippen MR) is 131 cm³/mol. The highest BCUT2D eigenvalue weighted by molar-refractivity contribution is 5.77. The number of benzene rings is 2. The largest absolute Gasteiger partial charge is 0.426 e. The Morgan fingerprint density at radius 2 is 1.55 bits per heavy atom. The van der Waals surface area contributed by atoms with Gasteiger partial charge in [-0.2, -0.15) is 0 Å². The van der Waals surface area contributed by atoms with E-state index in [0.717, 1.165) is 35.6 Å². The second kappa shape index (κ2) is 11.0. The zero-order valence-corrected chi connectivity index (χ0v) is 20.2. The van der Waals surface area contributed by atoms with Crippen LogP contribution in [0.15, 0.2) is 36.4 Å². The van der Waals surface area contributed by atoms with Crippen LogP contribution in [0.2, 0.25) is 0 Å². The lowest BCUT2D eigenvalue weighted by atomic mass is 9.80. The Balaban J connectivity index is 1.62. The molecule has 1 aliphatic rings. The third kappa shape index (κ3) is 6.21. The maximum atomic E-state index is 12.9. The maximum Gasteiger partial charge on any atom is 0.314 e. The van der Waals surface area contributed by atoms with Crippen LogP contribution in [0.1, 0.15) is 94.7 Å². The fourth-order valence-corrected chi connectivity index (χ4v) is 4.89. The molecular formula is C29H40O2. The minimum absolute atomic E-state index is 0.0350. The molecule has 0 saturated heterocycles. The van der Waals surface area contributed by atoms with Gasteiger partial charge in [-0.3, -0.25) is 4.79 Å². The number of ether oxygens (including phenoxy) is 1. The van der Waals surface area contributed by atoms with E-state index in [2.05, 4.69) is 57.2 Å². The molecule has 1 saturated carbocycles. The molecule has 2 heteroatoms. The molecule has 0 atom stereocenters. The normalized spacial score (nSPS) is 18.9. The average Bonchev–Trinajstić information content (AvgIpc) is 2.76. The molecule has 0 bridgehead atoms. The summed E-state index contributed by atoms with van der Waals surface area (Å²) >= 11 is 0. The first kappa shape index (κ1) is 23.6. The average molecular weight is 421 g/mol. The number of aryl methyl sites for hydroxylation is 2. The number of esters is 1. The monoisotopic (exact) mass is 420 g/mol. The molecule has 0 aliphatic heterocycles. The second-order valence-corrected chi connectivity index (χ2v) is 9.85. The Morgan fingerprint density at radius 3 is 2.10 bits per heavy atom. The van der Waals surface area contributed by atoms with Gasteiger partial charge in [-0.05, 0) is 91.3 Å². The SMILES string of the molecule is CCCCCC1CCC(C(=O)Oc2c(C)cc(-c3ccc(C(C)C)cc3)cc2C)CC1. The first-order valence-corrected chi connectivity index (χ1v) is 12.3. The number of hydrogen-bond donors (Lipinski definition) is 0. The van der Waals surface area contributed by atoms with Crippen LogP contribution in [0.3, 0.4) is 0 Å². The Bertz CT molecular complexity index is 832. The number of carbonyl (C=O) groups excluding carboxylic acids is 1. The van der Waals surface area contributed by atoms with Gasteiger partial charge in [0.15, 0.2) is 0 Å². The molecule has 168 valence electrons. The molecule has 2 aromatic rings. The van der Waals surface area contributed by atoms with Gasteiger partial charge in [0.2, 0.25) is 0 Å². The smallest absolute Gasteiger partial charge is 0.314 e. The third-order valence-electron chi connectivity index (χ3n) is 6.97. The summed E-state index contributed by atoms with van der Waals surface area (Å²) in [5.41, 5.74) is 5.80. The van der Waals surface area contributed by atoms with Crippen molar-refractivity contribution >= 4 is 5.97 Å². The summed E-state index contributed by atoms with van der Waals surface area (Å²) < 4.78 is 5.95. The van der Waals surface area contributed by atoms with Crippen LogP contribution in [0.5, 0.6) is 5.75 Å². The lowest BCUT2D eigenvalue weighted by Crippen LogP contribution is -2.26. The van der Waals surface area contributed by atoms with Gasteiger partial charge in [0.25, 0.3) is 0 Å². The van der Waals surface area contributed by atoms with Crippen molar-refractivity contribution in [2.24, 2.45) is 11.8 Å². The van der Waals surface area contributed by atoms with Crippen LogP contribution in [0.25, 0.3) is 11.1 Å². The van der Waals surface area contributed by atoms with Crippen molar-refractivity contribution in [3.8, 4) is 16.9 Å². The summed E-state index contributed by atoms with van der Waals surface area (Å²) in [6.45, 7) is 10.8. The van der Waals surface area contributed by atoms with Crippen molar-refractivity contribution in [3.05, 3.63) is 53.1 Å². The fourth-order valence-electron chi connectivity index (χ4n) is 4.89. The molecule has 1 aliphatic carbocycles. The summed E-state index contributed by atoms with van der Waals surface area (Å²) in [5, 5.41) is 0. The molecule has 0 unspecified atom stereocenters. The molecule has 2 aromatic carbocycles. The van der Waals surface area contributed by atoms with Gasteiger partial charge >= 0.3 is 5.97 Å². The van der Waals surface area contributed by atoms with Gasteiger partial charge in [0, 0.05) is 0 Å². The molecular weight excluding hydrogens is 380 g/mol. The van der Waals surface area contributed by atoms with Crippen molar-refractivity contribution in [1.82, 2.24) is 0 Å². The van der Waals surface area contributed by atoms with E-state index in [4.69, 9.17) is 4.74 Å². The lowest BCUT2D eigenvalue weighted by Gasteiger charge is -2.27. The fraction of sp³-hybridized carbons (Fsp3) is 0.552. The van der Waals surface area contributed by atoms with E-state index in [-0.39, 0.29) is 11.9 Å². The Hall–Kier alpha value is -2.09. The number of rotatable bonds is 8. The molecule has 31 heavy (non-hydrogen) atoms. The van der Waals surface area contributed by atoms with Gasteiger partial charge in [0.1, 0.15) is 5.75 Å². The van der Waals surface area contributed by atoms with Crippen LogP contribution in [0, 0.1) is 25.7 Å². The molecule has 1 fully saturated rings. The van der Waals surface area contributed by atoms with Crippen molar-refractivity contribution < 1.29 is 9.53 Å². The molecule has 0 N–H and O–H groups in total. The molecule has 0 radical (unpaired) electrons. The van der Waals surface area contributed by atoms with Crippen LogP contribution in [0.4, 0.5) is 0 Å². The minimum Gasteiger partial charge on any atom is -0.426 e. The van der Waals surface area contributed by atoms with Gasteiger partial charge < -0.3 is 4.74 Å². The zero-order valence-electron chi connectivity index (χ0n) is 20.2. The number of unbranched alkanes of at least 4 members (excludes halogenated alkanes) is 2. The highest BCUT2D eigenvalue weighted by Crippen LogP contribution is 2.35. The van der Waals surface area contributed by atoms with Crippen molar-refractivity contribution in [1.29, 1.82) is 0 Å². The molecule has 0 amide bonds. The van der Waals surface area contributed by atoms with Crippen LogP contribution >= 0.6 is 0 Å². The quantitative estimate of drug-likeness (QED) is 0.243. The van der Waals surface area contributed by atoms with Crippen LogP contribution < -0.4 is 4.74 Å². The van der Waals surface area contributed by atoms with E-state index in [1.165, 1.54) is 55.2 Å². The van der Waals surface area contributed by atoms with E-state index in [9.17, 15) is 4.79 Å². The minimum atomic E-state index is -0.0350. The van der Waals surface area contributed by atoms with Crippen molar-refractivity contribution in [3.63, 3.8) is 0 Å². The van der Waals surface area contributed by atoms with Crippen LogP contribution in [-0.2, 0) is 4.79 Å². The number of hydrogen-bond acceptors (Lipinski definition) is 2.